The van der Waals surface area contributed by atoms with Crippen molar-refractivity contribution < 1.29 is 4.79 Å². The Morgan fingerprint density at radius 1 is 1.39 bits per heavy atom. The molecule has 0 spiro atoms. The Balaban J connectivity index is 2.20. The minimum Gasteiger partial charge on any atom is -0.368 e. The summed E-state index contributed by atoms with van der Waals surface area (Å²) in [5.41, 5.74) is 11.9. The van der Waals surface area contributed by atoms with Crippen LogP contribution in [0.3, 0.4) is 0 Å². The van der Waals surface area contributed by atoms with E-state index in [1.54, 1.807) is 29.8 Å². The smallest absolute Gasteiger partial charge is 0.275 e. The van der Waals surface area contributed by atoms with E-state index < -0.39 is 11.9 Å². The maximum Gasteiger partial charge on any atom is 0.275 e. The topological polar surface area (TPSA) is 121 Å². The molecule has 3 aromatic rings. The molecule has 9 heteroatoms. The number of rotatable bonds is 3. The molecular weight excluding hydrogens is 320 g/mol. The molecule has 3 heterocycles. The molecule has 118 valence electrons. The van der Waals surface area contributed by atoms with Crippen LogP contribution in [-0.2, 0) is 4.79 Å². The Morgan fingerprint density at radius 2 is 2.13 bits per heavy atom. The Kier molecular flexibility index (Phi) is 3.53. The van der Waals surface area contributed by atoms with Crippen LogP contribution in [0.15, 0.2) is 35.6 Å². The molecule has 4 N–H and O–H groups in total. The second-order valence-corrected chi connectivity index (χ2v) is 5.44. The summed E-state index contributed by atoms with van der Waals surface area (Å²) in [4.78, 5) is 31.7. The van der Waals surface area contributed by atoms with Gasteiger partial charge in [-0.1, -0.05) is 11.6 Å². The second kappa shape index (κ2) is 5.40. The number of nitrogens with zero attached hydrogens (tertiary/aromatic N) is 4. The molecule has 3 aromatic heterocycles. The fraction of sp³-hybridized carbons (Fsp3) is 0.143. The fourth-order valence-corrected chi connectivity index (χ4v) is 2.47. The minimum absolute atomic E-state index is 0.0828. The molecule has 23 heavy (non-hydrogen) atoms. The number of amides is 1. The van der Waals surface area contributed by atoms with Crippen molar-refractivity contribution in [2.45, 2.75) is 13.0 Å². The average Bonchev–Trinajstić information content (AvgIpc) is 2.94. The van der Waals surface area contributed by atoms with Crippen molar-refractivity contribution in [3.8, 4) is 11.3 Å². The van der Waals surface area contributed by atoms with Crippen LogP contribution in [0.5, 0.6) is 0 Å². The zero-order valence-electron chi connectivity index (χ0n) is 12.1. The lowest BCUT2D eigenvalue weighted by Gasteiger charge is -2.11. The summed E-state index contributed by atoms with van der Waals surface area (Å²) in [7, 11) is 0. The second-order valence-electron chi connectivity index (χ2n) is 5.03. The van der Waals surface area contributed by atoms with Crippen molar-refractivity contribution in [3.05, 3.63) is 46.2 Å². The van der Waals surface area contributed by atoms with Crippen LogP contribution in [0.2, 0.25) is 5.02 Å². The molecule has 0 aliphatic carbocycles. The standard InChI is InChI=1S/C14H13ClN6O2/c1-7(12(16)22)21-3-2-20-6-8(4-10(20)13(21)23)11-9(15)5-18-14(17)19-11/h2-7H,1H3,(H2,16,22)(H2,17,18,19)/t7-/m1/s1. The zero-order valence-corrected chi connectivity index (χ0v) is 12.9. The van der Waals surface area contributed by atoms with Crippen LogP contribution in [-0.4, -0.2) is 24.8 Å². The number of nitrogens with two attached hydrogens (primary N) is 2. The van der Waals surface area contributed by atoms with Gasteiger partial charge in [-0.3, -0.25) is 9.59 Å². The number of halogens is 1. The summed E-state index contributed by atoms with van der Waals surface area (Å²) in [5.74, 6) is -0.505. The summed E-state index contributed by atoms with van der Waals surface area (Å²) in [5, 5.41) is 0.320. The maximum atomic E-state index is 12.5. The van der Waals surface area contributed by atoms with E-state index in [4.69, 9.17) is 23.1 Å². The molecule has 0 aliphatic rings. The van der Waals surface area contributed by atoms with Crippen molar-refractivity contribution in [1.82, 2.24) is 18.9 Å². The largest absolute Gasteiger partial charge is 0.368 e. The molecule has 0 aromatic carbocycles. The van der Waals surface area contributed by atoms with Crippen LogP contribution < -0.4 is 17.0 Å². The lowest BCUT2D eigenvalue weighted by molar-refractivity contribution is -0.120. The summed E-state index contributed by atoms with van der Waals surface area (Å²) >= 11 is 6.09. The van der Waals surface area contributed by atoms with E-state index >= 15 is 0 Å². The van der Waals surface area contributed by atoms with Gasteiger partial charge in [0.05, 0.1) is 16.9 Å². The quantitative estimate of drug-likeness (QED) is 0.736. The van der Waals surface area contributed by atoms with Crippen LogP contribution in [0, 0.1) is 0 Å². The molecule has 0 bridgehead atoms. The van der Waals surface area contributed by atoms with Crippen LogP contribution in [0.1, 0.15) is 13.0 Å². The first kappa shape index (κ1) is 15.0. The van der Waals surface area contributed by atoms with E-state index in [-0.39, 0.29) is 11.5 Å². The normalized spacial score (nSPS) is 12.4. The van der Waals surface area contributed by atoms with Gasteiger partial charge in [0.15, 0.2) is 0 Å². The number of carbonyl (C=O) groups excluding carboxylic acids is 1. The van der Waals surface area contributed by atoms with Gasteiger partial charge in [-0.25, -0.2) is 9.97 Å². The highest BCUT2D eigenvalue weighted by molar-refractivity contribution is 6.32. The molecule has 0 aliphatic heterocycles. The van der Waals surface area contributed by atoms with Crippen LogP contribution in [0.4, 0.5) is 5.95 Å². The van der Waals surface area contributed by atoms with Gasteiger partial charge >= 0.3 is 0 Å². The predicted molar refractivity (Wildman–Crippen MR) is 86.0 cm³/mol. The van der Waals surface area contributed by atoms with Crippen molar-refractivity contribution in [1.29, 1.82) is 0 Å². The third-order valence-corrected chi connectivity index (χ3v) is 3.83. The number of aromatic nitrogens is 4. The zero-order chi connectivity index (χ0) is 16.7. The number of carbonyl (C=O) groups is 1. The maximum absolute atomic E-state index is 12.5. The lowest BCUT2D eigenvalue weighted by atomic mass is 10.2. The van der Waals surface area contributed by atoms with Gasteiger partial charge in [0.1, 0.15) is 11.6 Å². The lowest BCUT2D eigenvalue weighted by Crippen LogP contribution is -2.32. The summed E-state index contributed by atoms with van der Waals surface area (Å²) in [6.45, 7) is 1.56. The monoisotopic (exact) mass is 332 g/mol. The third kappa shape index (κ3) is 2.53. The van der Waals surface area contributed by atoms with Gasteiger partial charge in [0.2, 0.25) is 11.9 Å². The third-order valence-electron chi connectivity index (χ3n) is 3.56. The molecular formula is C14H13ClN6O2. The number of nitrogen functional groups attached to an aromatic ring is 1. The SMILES string of the molecule is C[C@H](C(N)=O)n1ccn2cc(-c3nc(N)ncc3Cl)cc2c1=O. The first-order chi connectivity index (χ1) is 10.9. The number of hydrogen-bond acceptors (Lipinski definition) is 5. The Morgan fingerprint density at radius 3 is 2.83 bits per heavy atom. The van der Waals surface area contributed by atoms with Crippen molar-refractivity contribution in [2.24, 2.45) is 5.73 Å². The highest BCUT2D eigenvalue weighted by Gasteiger charge is 2.16. The van der Waals surface area contributed by atoms with E-state index in [1.165, 1.54) is 17.0 Å². The van der Waals surface area contributed by atoms with Gasteiger partial charge in [-0.05, 0) is 13.0 Å². The molecule has 3 rings (SSSR count). The number of anilines is 1. The van der Waals surface area contributed by atoms with Gasteiger partial charge in [-0.2, -0.15) is 0 Å². The Bertz CT molecular complexity index is 977. The van der Waals surface area contributed by atoms with Crippen LogP contribution in [0.25, 0.3) is 16.8 Å². The van der Waals surface area contributed by atoms with E-state index in [2.05, 4.69) is 9.97 Å². The number of fused-ring (bicyclic) bond motifs is 1. The fourth-order valence-electron chi connectivity index (χ4n) is 2.27. The first-order valence-electron chi connectivity index (χ1n) is 6.69. The Hall–Kier alpha value is -2.87. The van der Waals surface area contributed by atoms with Crippen molar-refractivity contribution in [3.63, 3.8) is 0 Å². The molecule has 0 saturated carbocycles. The molecule has 0 radical (unpaired) electrons. The molecule has 1 amide bonds. The van der Waals surface area contributed by atoms with Gasteiger partial charge in [-0.15, -0.1) is 0 Å². The first-order valence-corrected chi connectivity index (χ1v) is 7.07. The summed E-state index contributed by atoms with van der Waals surface area (Å²) < 4.78 is 2.90. The summed E-state index contributed by atoms with van der Waals surface area (Å²) in [6.07, 6.45) is 6.25. The summed E-state index contributed by atoms with van der Waals surface area (Å²) in [6, 6.07) is 0.879. The van der Waals surface area contributed by atoms with Crippen molar-refractivity contribution >= 4 is 29.0 Å². The molecule has 0 fully saturated rings. The Labute approximate surface area is 135 Å². The van der Waals surface area contributed by atoms with E-state index in [0.717, 1.165) is 0 Å². The molecule has 0 saturated heterocycles. The van der Waals surface area contributed by atoms with E-state index in [9.17, 15) is 9.59 Å². The molecule has 8 nitrogen and oxygen atoms in total. The van der Waals surface area contributed by atoms with Gasteiger partial charge in [0, 0.05) is 24.2 Å². The number of primary amides is 1. The van der Waals surface area contributed by atoms with Crippen LogP contribution >= 0.6 is 11.6 Å². The van der Waals surface area contributed by atoms with Crippen molar-refractivity contribution in [2.75, 3.05) is 5.73 Å². The highest BCUT2D eigenvalue weighted by atomic mass is 35.5. The predicted octanol–water partition coefficient (Wildman–Crippen LogP) is 0.840. The van der Waals surface area contributed by atoms with Gasteiger partial charge < -0.3 is 20.4 Å². The average molecular weight is 333 g/mol. The van der Waals surface area contributed by atoms with E-state index in [0.29, 0.717) is 21.8 Å². The number of hydrogen-bond donors (Lipinski definition) is 2. The van der Waals surface area contributed by atoms with Gasteiger partial charge in [0.25, 0.3) is 5.56 Å². The molecule has 1 atom stereocenters. The minimum atomic E-state index is -0.746. The van der Waals surface area contributed by atoms with E-state index in [1.807, 2.05) is 0 Å². The molecule has 0 unspecified atom stereocenters. The highest BCUT2D eigenvalue weighted by Crippen LogP contribution is 2.27.